The van der Waals surface area contributed by atoms with Crippen LogP contribution in [0.25, 0.3) is 0 Å². The van der Waals surface area contributed by atoms with Gasteiger partial charge in [-0.2, -0.15) is 0 Å². The zero-order chi connectivity index (χ0) is 10.8. The summed E-state index contributed by atoms with van der Waals surface area (Å²) in [6.07, 6.45) is 2.19. The third-order valence-corrected chi connectivity index (χ3v) is 3.40. The maximum absolute atomic E-state index is 9.26. The number of halogens is 1. The topological polar surface area (TPSA) is 20.2 Å². The molecule has 78 valence electrons. The van der Waals surface area contributed by atoms with E-state index in [1.54, 1.807) is 12.1 Å². The lowest BCUT2D eigenvalue weighted by molar-refractivity contribution is 0.348. The molecule has 1 N–H and O–H groups in total. The summed E-state index contributed by atoms with van der Waals surface area (Å²) in [5, 5.41) is 9.26. The monoisotopic (exact) mass is 256 g/mol. The molecule has 1 rings (SSSR count). The van der Waals surface area contributed by atoms with Crippen molar-refractivity contribution in [3.05, 3.63) is 28.2 Å². The molecule has 0 heterocycles. The first-order valence-electron chi connectivity index (χ1n) is 4.92. The second-order valence-electron chi connectivity index (χ2n) is 4.47. The Morgan fingerprint density at radius 2 is 2.00 bits per heavy atom. The highest BCUT2D eigenvalue weighted by molar-refractivity contribution is 9.10. The van der Waals surface area contributed by atoms with Gasteiger partial charge in [0, 0.05) is 4.47 Å². The molecule has 0 unspecified atom stereocenters. The molecule has 1 aromatic carbocycles. The van der Waals surface area contributed by atoms with Gasteiger partial charge in [0.05, 0.1) is 0 Å². The molecule has 0 aromatic heterocycles. The number of hydrogen-bond donors (Lipinski definition) is 1. The van der Waals surface area contributed by atoms with Crippen LogP contribution in [0.1, 0.15) is 32.8 Å². The fraction of sp³-hybridized carbons (Fsp3) is 0.500. The van der Waals surface area contributed by atoms with Crippen LogP contribution in [0.2, 0.25) is 0 Å². The molecular formula is C12H17BrO. The van der Waals surface area contributed by atoms with Crippen molar-refractivity contribution < 1.29 is 5.11 Å². The number of benzene rings is 1. The molecule has 0 fully saturated rings. The molecule has 1 nitrogen and oxygen atoms in total. The Hall–Kier alpha value is -0.500. The number of phenolic OH excluding ortho intramolecular Hbond substituents is 1. The first kappa shape index (κ1) is 11.6. The lowest BCUT2D eigenvalue weighted by atomic mass is 9.83. The smallest absolute Gasteiger partial charge is 0.116 e. The standard InChI is InChI=1S/C12H17BrO/c1-4-12(2,3)8-9-5-6-10(14)7-11(9)13/h5-7,14H,4,8H2,1-3H3. The molecule has 0 atom stereocenters. The van der Waals surface area contributed by atoms with Gasteiger partial charge in [-0.3, -0.25) is 0 Å². The maximum Gasteiger partial charge on any atom is 0.116 e. The normalized spacial score (nSPS) is 11.7. The molecular weight excluding hydrogens is 240 g/mol. The summed E-state index contributed by atoms with van der Waals surface area (Å²) >= 11 is 3.47. The van der Waals surface area contributed by atoms with Crippen molar-refractivity contribution in [2.24, 2.45) is 5.41 Å². The lowest BCUT2D eigenvalue weighted by Gasteiger charge is -2.23. The SMILES string of the molecule is CCC(C)(C)Cc1ccc(O)cc1Br. The van der Waals surface area contributed by atoms with Crippen molar-refractivity contribution >= 4 is 15.9 Å². The molecule has 0 spiro atoms. The summed E-state index contributed by atoms with van der Waals surface area (Å²) in [5.41, 5.74) is 1.58. The van der Waals surface area contributed by atoms with Gasteiger partial charge in [-0.25, -0.2) is 0 Å². The van der Waals surface area contributed by atoms with Gasteiger partial charge < -0.3 is 5.11 Å². The van der Waals surface area contributed by atoms with Crippen molar-refractivity contribution in [3.8, 4) is 5.75 Å². The van der Waals surface area contributed by atoms with E-state index in [4.69, 9.17) is 0 Å². The molecule has 0 saturated heterocycles. The largest absolute Gasteiger partial charge is 0.508 e. The molecule has 0 aliphatic carbocycles. The number of aromatic hydroxyl groups is 1. The van der Waals surface area contributed by atoms with Gasteiger partial charge in [0.25, 0.3) is 0 Å². The fourth-order valence-corrected chi connectivity index (χ4v) is 1.83. The molecule has 0 aliphatic rings. The van der Waals surface area contributed by atoms with E-state index in [2.05, 4.69) is 36.7 Å². The Morgan fingerprint density at radius 3 is 2.50 bits per heavy atom. The highest BCUT2D eigenvalue weighted by atomic mass is 79.9. The molecule has 14 heavy (non-hydrogen) atoms. The predicted octanol–water partition coefficient (Wildman–Crippen LogP) is 4.13. The Morgan fingerprint density at radius 1 is 1.36 bits per heavy atom. The fourth-order valence-electron chi connectivity index (χ4n) is 1.32. The van der Waals surface area contributed by atoms with Crippen LogP contribution >= 0.6 is 15.9 Å². The summed E-state index contributed by atoms with van der Waals surface area (Å²) in [7, 11) is 0. The zero-order valence-electron chi connectivity index (χ0n) is 8.97. The molecule has 0 amide bonds. The maximum atomic E-state index is 9.26. The third kappa shape index (κ3) is 3.02. The van der Waals surface area contributed by atoms with Gasteiger partial charge in [-0.15, -0.1) is 0 Å². The van der Waals surface area contributed by atoms with Crippen LogP contribution in [0.4, 0.5) is 0 Å². The van der Waals surface area contributed by atoms with Crippen LogP contribution in [0, 0.1) is 5.41 Å². The zero-order valence-corrected chi connectivity index (χ0v) is 10.6. The second-order valence-corrected chi connectivity index (χ2v) is 5.32. The lowest BCUT2D eigenvalue weighted by Crippen LogP contribution is -2.13. The average Bonchev–Trinajstić information content (AvgIpc) is 2.10. The first-order valence-corrected chi connectivity index (χ1v) is 5.71. The minimum atomic E-state index is 0.315. The summed E-state index contributed by atoms with van der Waals surface area (Å²) in [6.45, 7) is 6.72. The van der Waals surface area contributed by atoms with Crippen LogP contribution in [-0.4, -0.2) is 5.11 Å². The number of hydrogen-bond acceptors (Lipinski definition) is 1. The van der Waals surface area contributed by atoms with Crippen molar-refractivity contribution in [2.75, 3.05) is 0 Å². The van der Waals surface area contributed by atoms with Crippen LogP contribution in [-0.2, 0) is 6.42 Å². The van der Waals surface area contributed by atoms with Gasteiger partial charge in [-0.05, 0) is 29.5 Å². The van der Waals surface area contributed by atoms with Gasteiger partial charge in [-0.1, -0.05) is 49.2 Å². The van der Waals surface area contributed by atoms with E-state index in [-0.39, 0.29) is 0 Å². The summed E-state index contributed by atoms with van der Waals surface area (Å²) < 4.78 is 0.999. The van der Waals surface area contributed by atoms with E-state index < -0.39 is 0 Å². The van der Waals surface area contributed by atoms with Crippen LogP contribution < -0.4 is 0 Å². The van der Waals surface area contributed by atoms with E-state index in [1.807, 2.05) is 6.07 Å². The Kier molecular flexibility index (Phi) is 3.59. The molecule has 1 aromatic rings. The highest BCUT2D eigenvalue weighted by Gasteiger charge is 2.17. The molecule has 0 radical (unpaired) electrons. The van der Waals surface area contributed by atoms with Crippen molar-refractivity contribution in [2.45, 2.75) is 33.6 Å². The molecule has 0 aliphatic heterocycles. The van der Waals surface area contributed by atoms with Crippen molar-refractivity contribution in [3.63, 3.8) is 0 Å². The number of phenols is 1. The van der Waals surface area contributed by atoms with E-state index >= 15 is 0 Å². The molecule has 0 bridgehead atoms. The Bertz CT molecular complexity index is 318. The van der Waals surface area contributed by atoms with Gasteiger partial charge in [0.1, 0.15) is 5.75 Å². The summed E-state index contributed by atoms with van der Waals surface area (Å²) in [4.78, 5) is 0. The van der Waals surface area contributed by atoms with Crippen LogP contribution in [0.5, 0.6) is 5.75 Å². The first-order chi connectivity index (χ1) is 6.44. The van der Waals surface area contributed by atoms with Crippen molar-refractivity contribution in [1.29, 1.82) is 0 Å². The predicted molar refractivity (Wildman–Crippen MR) is 63.6 cm³/mol. The van der Waals surface area contributed by atoms with Crippen molar-refractivity contribution in [1.82, 2.24) is 0 Å². The van der Waals surface area contributed by atoms with E-state index in [0.717, 1.165) is 17.3 Å². The summed E-state index contributed by atoms with van der Waals surface area (Å²) in [5.74, 6) is 0.315. The average molecular weight is 257 g/mol. The van der Waals surface area contributed by atoms with Gasteiger partial charge in [0.15, 0.2) is 0 Å². The van der Waals surface area contributed by atoms with E-state index in [0.29, 0.717) is 11.2 Å². The minimum Gasteiger partial charge on any atom is -0.508 e. The third-order valence-electron chi connectivity index (χ3n) is 2.66. The van der Waals surface area contributed by atoms with Gasteiger partial charge >= 0.3 is 0 Å². The molecule has 0 saturated carbocycles. The molecule has 2 heteroatoms. The van der Waals surface area contributed by atoms with Gasteiger partial charge in [0.2, 0.25) is 0 Å². The number of rotatable bonds is 3. The quantitative estimate of drug-likeness (QED) is 0.863. The minimum absolute atomic E-state index is 0.315. The highest BCUT2D eigenvalue weighted by Crippen LogP contribution is 2.30. The Balaban J connectivity index is 2.87. The summed E-state index contributed by atoms with van der Waals surface area (Å²) in [6, 6.07) is 5.48. The van der Waals surface area contributed by atoms with Crippen LogP contribution in [0.3, 0.4) is 0 Å². The van der Waals surface area contributed by atoms with Crippen LogP contribution in [0.15, 0.2) is 22.7 Å². The van der Waals surface area contributed by atoms with E-state index in [1.165, 1.54) is 5.56 Å². The second kappa shape index (κ2) is 4.35. The van der Waals surface area contributed by atoms with E-state index in [9.17, 15) is 5.11 Å². The Labute approximate surface area is 94.3 Å².